The fourth-order valence-corrected chi connectivity index (χ4v) is 1.20. The third-order valence-electron chi connectivity index (χ3n) is 1.90. The number of hydrogen-bond donors (Lipinski definition) is 0. The molecule has 1 aliphatic heterocycles. The molecule has 0 unspecified atom stereocenters. The topological polar surface area (TPSA) is 18.5 Å². The average Bonchev–Trinajstić information content (AvgIpc) is 2.03. The van der Waals surface area contributed by atoms with Gasteiger partial charge in [-0.25, -0.2) is 0 Å². The van der Waals surface area contributed by atoms with Gasteiger partial charge in [-0.1, -0.05) is 0 Å². The van der Waals surface area contributed by atoms with Gasteiger partial charge in [-0.3, -0.25) is 0 Å². The van der Waals surface area contributed by atoms with Gasteiger partial charge < -0.3 is 9.47 Å². The van der Waals surface area contributed by atoms with Gasteiger partial charge in [0, 0.05) is 26.4 Å². The lowest BCUT2D eigenvalue weighted by atomic mass is 10.0. The van der Waals surface area contributed by atoms with E-state index in [0.29, 0.717) is 0 Å². The zero-order valence-electron chi connectivity index (χ0n) is 6.64. The van der Waals surface area contributed by atoms with Crippen LogP contribution in [0, 0.1) is 5.92 Å². The van der Waals surface area contributed by atoms with Gasteiger partial charge in [0.2, 0.25) is 0 Å². The van der Waals surface area contributed by atoms with Gasteiger partial charge in [0.1, 0.15) is 0 Å². The molecule has 10 heavy (non-hydrogen) atoms. The Bertz CT molecular complexity index is 77.3. The SMILES string of the molecule is CCOCC1CCOCC1. The van der Waals surface area contributed by atoms with Gasteiger partial charge in [-0.15, -0.1) is 0 Å². The van der Waals surface area contributed by atoms with Crippen LogP contribution in [0.1, 0.15) is 19.8 Å². The van der Waals surface area contributed by atoms with E-state index in [1.54, 1.807) is 0 Å². The fraction of sp³-hybridized carbons (Fsp3) is 1.00. The summed E-state index contributed by atoms with van der Waals surface area (Å²) in [5, 5.41) is 0. The molecule has 0 radical (unpaired) electrons. The third-order valence-corrected chi connectivity index (χ3v) is 1.90. The Balaban J connectivity index is 2.02. The van der Waals surface area contributed by atoms with Crippen molar-refractivity contribution in [3.63, 3.8) is 0 Å². The summed E-state index contributed by atoms with van der Waals surface area (Å²) in [6.45, 7) is 5.67. The van der Waals surface area contributed by atoms with E-state index in [2.05, 4.69) is 0 Å². The second-order valence-electron chi connectivity index (χ2n) is 2.72. The highest BCUT2D eigenvalue weighted by atomic mass is 16.5. The Morgan fingerprint density at radius 3 is 2.70 bits per heavy atom. The van der Waals surface area contributed by atoms with Gasteiger partial charge >= 0.3 is 0 Å². The molecular weight excluding hydrogens is 128 g/mol. The Hall–Kier alpha value is -0.0800. The highest BCUT2D eigenvalue weighted by molar-refractivity contribution is 4.61. The molecular formula is C8H16O2. The quantitative estimate of drug-likeness (QED) is 0.597. The van der Waals surface area contributed by atoms with Crippen LogP contribution in [-0.2, 0) is 9.47 Å². The van der Waals surface area contributed by atoms with Crippen LogP contribution in [0.5, 0.6) is 0 Å². The van der Waals surface area contributed by atoms with Crippen molar-refractivity contribution >= 4 is 0 Å². The zero-order chi connectivity index (χ0) is 7.23. The molecule has 1 heterocycles. The van der Waals surface area contributed by atoms with Gasteiger partial charge in [0.25, 0.3) is 0 Å². The zero-order valence-corrected chi connectivity index (χ0v) is 6.64. The summed E-state index contributed by atoms with van der Waals surface area (Å²) in [7, 11) is 0. The maximum atomic E-state index is 5.32. The van der Waals surface area contributed by atoms with Gasteiger partial charge in [-0.2, -0.15) is 0 Å². The summed E-state index contributed by atoms with van der Waals surface area (Å²) in [5.74, 6) is 0.758. The summed E-state index contributed by atoms with van der Waals surface area (Å²) in [6, 6.07) is 0. The van der Waals surface area contributed by atoms with Gasteiger partial charge in [0.05, 0.1) is 0 Å². The summed E-state index contributed by atoms with van der Waals surface area (Å²) in [6.07, 6.45) is 2.36. The Kier molecular flexibility index (Phi) is 3.76. The lowest BCUT2D eigenvalue weighted by Crippen LogP contribution is -2.19. The van der Waals surface area contributed by atoms with Crippen LogP contribution in [0.25, 0.3) is 0 Å². The smallest absolute Gasteiger partial charge is 0.0495 e. The van der Waals surface area contributed by atoms with Crippen molar-refractivity contribution in [3.05, 3.63) is 0 Å². The molecule has 1 fully saturated rings. The maximum absolute atomic E-state index is 5.32. The first kappa shape index (κ1) is 8.02. The molecule has 0 amide bonds. The van der Waals surface area contributed by atoms with Crippen LogP contribution in [0.15, 0.2) is 0 Å². The molecule has 0 atom stereocenters. The summed E-state index contributed by atoms with van der Waals surface area (Å²) >= 11 is 0. The van der Waals surface area contributed by atoms with Crippen molar-refractivity contribution in [1.82, 2.24) is 0 Å². The predicted octanol–water partition coefficient (Wildman–Crippen LogP) is 1.45. The molecule has 2 heteroatoms. The molecule has 0 saturated carbocycles. The van der Waals surface area contributed by atoms with Crippen molar-refractivity contribution in [3.8, 4) is 0 Å². The molecule has 0 aromatic rings. The number of ether oxygens (including phenoxy) is 2. The van der Waals surface area contributed by atoms with Crippen LogP contribution in [-0.4, -0.2) is 26.4 Å². The predicted molar refractivity (Wildman–Crippen MR) is 40.0 cm³/mol. The Labute approximate surface area is 62.5 Å². The fourth-order valence-electron chi connectivity index (χ4n) is 1.20. The first-order valence-corrected chi connectivity index (χ1v) is 4.09. The van der Waals surface area contributed by atoms with E-state index in [9.17, 15) is 0 Å². The number of rotatable bonds is 3. The van der Waals surface area contributed by atoms with E-state index >= 15 is 0 Å². The minimum absolute atomic E-state index is 0.758. The molecule has 2 nitrogen and oxygen atoms in total. The third kappa shape index (κ3) is 2.67. The maximum Gasteiger partial charge on any atom is 0.0495 e. The lowest BCUT2D eigenvalue weighted by molar-refractivity contribution is 0.0238. The highest BCUT2D eigenvalue weighted by Crippen LogP contribution is 2.14. The largest absolute Gasteiger partial charge is 0.381 e. The van der Waals surface area contributed by atoms with E-state index in [4.69, 9.17) is 9.47 Å². The van der Waals surface area contributed by atoms with Crippen LogP contribution in [0.4, 0.5) is 0 Å². The molecule has 0 N–H and O–H groups in total. The summed E-state index contributed by atoms with van der Waals surface area (Å²) < 4.78 is 10.5. The lowest BCUT2D eigenvalue weighted by Gasteiger charge is -2.21. The highest BCUT2D eigenvalue weighted by Gasteiger charge is 2.12. The molecule has 0 aromatic carbocycles. The van der Waals surface area contributed by atoms with Crippen LogP contribution < -0.4 is 0 Å². The van der Waals surface area contributed by atoms with Gasteiger partial charge in [0.15, 0.2) is 0 Å². The average molecular weight is 144 g/mol. The molecule has 0 aromatic heterocycles. The van der Waals surface area contributed by atoms with E-state index in [-0.39, 0.29) is 0 Å². The molecule has 0 bridgehead atoms. The van der Waals surface area contributed by atoms with Crippen molar-refractivity contribution in [2.75, 3.05) is 26.4 Å². The van der Waals surface area contributed by atoms with E-state index in [0.717, 1.165) is 32.3 Å². The van der Waals surface area contributed by atoms with Crippen molar-refractivity contribution in [2.24, 2.45) is 5.92 Å². The summed E-state index contributed by atoms with van der Waals surface area (Å²) in [5.41, 5.74) is 0. The minimum atomic E-state index is 0.758. The first-order valence-electron chi connectivity index (χ1n) is 4.09. The molecule has 1 saturated heterocycles. The van der Waals surface area contributed by atoms with E-state index < -0.39 is 0 Å². The van der Waals surface area contributed by atoms with Crippen molar-refractivity contribution < 1.29 is 9.47 Å². The van der Waals surface area contributed by atoms with Crippen molar-refractivity contribution in [1.29, 1.82) is 0 Å². The Morgan fingerprint density at radius 1 is 1.40 bits per heavy atom. The normalized spacial score (nSPS) is 21.3. The second-order valence-corrected chi connectivity index (χ2v) is 2.72. The Morgan fingerprint density at radius 2 is 2.10 bits per heavy atom. The van der Waals surface area contributed by atoms with E-state index in [1.807, 2.05) is 6.92 Å². The summed E-state index contributed by atoms with van der Waals surface area (Å²) in [4.78, 5) is 0. The molecule has 0 aliphatic carbocycles. The molecule has 1 aliphatic rings. The monoisotopic (exact) mass is 144 g/mol. The number of hydrogen-bond acceptors (Lipinski definition) is 2. The molecule has 60 valence electrons. The van der Waals surface area contributed by atoms with Crippen LogP contribution in [0.3, 0.4) is 0 Å². The van der Waals surface area contributed by atoms with Crippen molar-refractivity contribution in [2.45, 2.75) is 19.8 Å². The standard InChI is InChI=1S/C8H16O2/c1-2-9-7-8-3-5-10-6-4-8/h8H,2-7H2,1H3. The first-order chi connectivity index (χ1) is 4.93. The van der Waals surface area contributed by atoms with Gasteiger partial charge in [-0.05, 0) is 25.7 Å². The molecule has 1 rings (SSSR count). The van der Waals surface area contributed by atoms with Crippen LogP contribution >= 0.6 is 0 Å². The molecule has 0 spiro atoms. The van der Waals surface area contributed by atoms with Crippen LogP contribution in [0.2, 0.25) is 0 Å². The minimum Gasteiger partial charge on any atom is -0.381 e. The second kappa shape index (κ2) is 4.69. The van der Waals surface area contributed by atoms with E-state index in [1.165, 1.54) is 12.8 Å².